The van der Waals surface area contributed by atoms with E-state index in [1.54, 1.807) is 10.9 Å². The van der Waals surface area contributed by atoms with Crippen LogP contribution < -0.4 is 0 Å². The van der Waals surface area contributed by atoms with Gasteiger partial charge in [-0.1, -0.05) is 12.1 Å². The molecule has 1 rings (SSSR count). The van der Waals surface area contributed by atoms with Gasteiger partial charge in [0.25, 0.3) is 0 Å². The Balaban J connectivity index is 2.39. The highest BCUT2D eigenvalue weighted by molar-refractivity contribution is 4.98. The Morgan fingerprint density at radius 2 is 2.31 bits per heavy atom. The molecule has 0 spiro atoms. The third-order valence-electron chi connectivity index (χ3n) is 2.39. The summed E-state index contributed by atoms with van der Waals surface area (Å²) in [7, 11) is 0. The second-order valence-corrected chi connectivity index (χ2v) is 3.74. The summed E-state index contributed by atoms with van der Waals surface area (Å²) in [4.78, 5) is 0. The summed E-state index contributed by atoms with van der Waals surface area (Å²) < 4.78 is 7.00. The first-order valence-corrected chi connectivity index (χ1v) is 5.93. The smallest absolute Gasteiger partial charge is 0.0973 e. The normalized spacial score (nSPS) is 12.9. The van der Waals surface area contributed by atoms with Crippen molar-refractivity contribution < 1.29 is 9.84 Å². The zero-order valence-electron chi connectivity index (χ0n) is 10.1. The summed E-state index contributed by atoms with van der Waals surface area (Å²) in [5.74, 6) is 0. The quantitative estimate of drug-likeness (QED) is 0.684. The molecule has 1 unspecified atom stereocenters. The first-order valence-electron chi connectivity index (χ1n) is 5.93. The molecule has 0 saturated carbocycles. The molecule has 1 aromatic rings. The number of aromatic nitrogens is 3. The van der Waals surface area contributed by atoms with E-state index in [1.165, 1.54) is 0 Å². The van der Waals surface area contributed by atoms with Gasteiger partial charge in [-0.05, 0) is 26.2 Å². The molecule has 0 aromatic carbocycles. The molecular weight excluding hydrogens is 206 g/mol. The van der Waals surface area contributed by atoms with E-state index < -0.39 is 6.10 Å². The van der Waals surface area contributed by atoms with E-state index in [9.17, 15) is 5.11 Å². The van der Waals surface area contributed by atoms with E-state index in [-0.39, 0.29) is 0 Å². The predicted molar refractivity (Wildman–Crippen MR) is 61.0 cm³/mol. The Morgan fingerprint density at radius 3 is 3.00 bits per heavy atom. The molecule has 5 heteroatoms. The summed E-state index contributed by atoms with van der Waals surface area (Å²) in [6.45, 7) is 6.27. The molecule has 92 valence electrons. The minimum Gasteiger partial charge on any atom is -0.387 e. The molecule has 0 bridgehead atoms. The molecular formula is C11H21N3O2. The lowest BCUT2D eigenvalue weighted by atomic mass is 10.1. The zero-order chi connectivity index (χ0) is 11.8. The molecule has 16 heavy (non-hydrogen) atoms. The fourth-order valence-electron chi connectivity index (χ4n) is 1.58. The average Bonchev–Trinajstić information content (AvgIpc) is 2.73. The van der Waals surface area contributed by atoms with Gasteiger partial charge in [-0.25, -0.2) is 4.68 Å². The van der Waals surface area contributed by atoms with Gasteiger partial charge in [0.1, 0.15) is 0 Å². The Kier molecular flexibility index (Phi) is 6.03. The number of hydrogen-bond donors (Lipinski definition) is 1. The van der Waals surface area contributed by atoms with Crippen molar-refractivity contribution in [2.45, 2.75) is 45.8 Å². The maximum atomic E-state index is 9.96. The fourth-order valence-corrected chi connectivity index (χ4v) is 1.58. The lowest BCUT2D eigenvalue weighted by molar-refractivity contribution is 0.110. The van der Waals surface area contributed by atoms with Gasteiger partial charge in [0.05, 0.1) is 18.0 Å². The molecule has 0 aliphatic heterocycles. The third kappa shape index (κ3) is 3.90. The maximum absolute atomic E-state index is 9.96. The van der Waals surface area contributed by atoms with Crippen LogP contribution in [-0.4, -0.2) is 33.3 Å². The van der Waals surface area contributed by atoms with E-state index in [4.69, 9.17) is 4.74 Å². The minimum absolute atomic E-state index is 0.484. The molecule has 0 fully saturated rings. The van der Waals surface area contributed by atoms with Crippen molar-refractivity contribution in [3.63, 3.8) is 0 Å². The first kappa shape index (κ1) is 13.1. The summed E-state index contributed by atoms with van der Waals surface area (Å²) in [5, 5.41) is 17.7. The van der Waals surface area contributed by atoms with Gasteiger partial charge in [-0.15, -0.1) is 5.10 Å². The lowest BCUT2D eigenvalue weighted by Gasteiger charge is -2.11. The summed E-state index contributed by atoms with van der Waals surface area (Å²) >= 11 is 0. The van der Waals surface area contributed by atoms with E-state index in [2.05, 4.69) is 17.2 Å². The monoisotopic (exact) mass is 227 g/mol. The van der Waals surface area contributed by atoms with Gasteiger partial charge >= 0.3 is 0 Å². The summed E-state index contributed by atoms with van der Waals surface area (Å²) in [6, 6.07) is 0. The number of rotatable bonds is 8. The van der Waals surface area contributed by atoms with Gasteiger partial charge < -0.3 is 9.84 Å². The number of aliphatic hydroxyl groups excluding tert-OH is 1. The maximum Gasteiger partial charge on any atom is 0.0973 e. The number of nitrogens with zero attached hydrogens (tertiary/aromatic N) is 3. The SMILES string of the molecule is CCCn1nncc1C(O)CCCOCC. The minimum atomic E-state index is -0.484. The summed E-state index contributed by atoms with van der Waals surface area (Å²) in [5.41, 5.74) is 0.804. The van der Waals surface area contributed by atoms with Crippen LogP contribution in [0.25, 0.3) is 0 Å². The van der Waals surface area contributed by atoms with Gasteiger partial charge in [0, 0.05) is 19.8 Å². The fraction of sp³-hybridized carbons (Fsp3) is 0.818. The van der Waals surface area contributed by atoms with E-state index in [0.717, 1.165) is 31.7 Å². The molecule has 1 atom stereocenters. The van der Waals surface area contributed by atoms with Crippen molar-refractivity contribution in [3.05, 3.63) is 11.9 Å². The van der Waals surface area contributed by atoms with Crippen LogP contribution in [0.15, 0.2) is 6.20 Å². The molecule has 0 saturated heterocycles. The Labute approximate surface area is 96.4 Å². The Morgan fingerprint density at radius 1 is 1.50 bits per heavy atom. The van der Waals surface area contributed by atoms with E-state index in [1.807, 2.05) is 6.92 Å². The lowest BCUT2D eigenvalue weighted by Crippen LogP contribution is -2.10. The number of aryl methyl sites for hydroxylation is 1. The standard InChI is InChI=1S/C11H21N3O2/c1-3-7-14-10(9-12-13-14)11(15)6-5-8-16-4-2/h9,11,15H,3-8H2,1-2H3. The molecule has 0 aliphatic carbocycles. The predicted octanol–water partition coefficient (Wildman–Crippen LogP) is 1.54. The molecule has 5 nitrogen and oxygen atoms in total. The highest BCUT2D eigenvalue weighted by Crippen LogP contribution is 2.17. The molecule has 0 radical (unpaired) electrons. The van der Waals surface area contributed by atoms with Crippen LogP contribution in [0.1, 0.15) is 44.9 Å². The Bertz CT molecular complexity index is 289. The Hall–Kier alpha value is -0.940. The van der Waals surface area contributed by atoms with Crippen molar-refractivity contribution in [3.8, 4) is 0 Å². The van der Waals surface area contributed by atoms with Crippen molar-refractivity contribution in [1.82, 2.24) is 15.0 Å². The van der Waals surface area contributed by atoms with Crippen molar-refractivity contribution in [1.29, 1.82) is 0 Å². The molecule has 0 amide bonds. The van der Waals surface area contributed by atoms with Crippen LogP contribution in [0.2, 0.25) is 0 Å². The second-order valence-electron chi connectivity index (χ2n) is 3.74. The zero-order valence-corrected chi connectivity index (χ0v) is 10.1. The number of aliphatic hydroxyl groups is 1. The third-order valence-corrected chi connectivity index (χ3v) is 2.39. The van der Waals surface area contributed by atoms with Crippen LogP contribution in [0, 0.1) is 0 Å². The van der Waals surface area contributed by atoms with E-state index in [0.29, 0.717) is 13.0 Å². The number of hydrogen-bond acceptors (Lipinski definition) is 4. The van der Waals surface area contributed by atoms with E-state index >= 15 is 0 Å². The van der Waals surface area contributed by atoms with Gasteiger partial charge in [-0.2, -0.15) is 0 Å². The second kappa shape index (κ2) is 7.35. The van der Waals surface area contributed by atoms with Crippen LogP contribution in [0.3, 0.4) is 0 Å². The topological polar surface area (TPSA) is 60.2 Å². The van der Waals surface area contributed by atoms with Crippen molar-refractivity contribution in [2.75, 3.05) is 13.2 Å². The van der Waals surface area contributed by atoms with Crippen molar-refractivity contribution >= 4 is 0 Å². The van der Waals surface area contributed by atoms with Gasteiger partial charge in [0.15, 0.2) is 0 Å². The van der Waals surface area contributed by atoms with Crippen LogP contribution in [-0.2, 0) is 11.3 Å². The average molecular weight is 227 g/mol. The highest BCUT2D eigenvalue weighted by Gasteiger charge is 2.13. The largest absolute Gasteiger partial charge is 0.387 e. The molecule has 1 aromatic heterocycles. The van der Waals surface area contributed by atoms with Gasteiger partial charge in [-0.3, -0.25) is 0 Å². The van der Waals surface area contributed by atoms with Gasteiger partial charge in [0.2, 0.25) is 0 Å². The van der Waals surface area contributed by atoms with Crippen molar-refractivity contribution in [2.24, 2.45) is 0 Å². The summed E-state index contributed by atoms with van der Waals surface area (Å²) in [6.07, 6.45) is 3.69. The molecule has 1 N–H and O–H groups in total. The number of ether oxygens (including phenoxy) is 1. The van der Waals surface area contributed by atoms with Crippen LogP contribution in [0.5, 0.6) is 0 Å². The molecule has 0 aliphatic rings. The van der Waals surface area contributed by atoms with Crippen LogP contribution in [0.4, 0.5) is 0 Å². The molecule has 1 heterocycles. The highest BCUT2D eigenvalue weighted by atomic mass is 16.5. The first-order chi connectivity index (χ1) is 7.79. The van der Waals surface area contributed by atoms with Crippen LogP contribution >= 0.6 is 0 Å².